The third-order valence-electron chi connectivity index (χ3n) is 4.76. The molecule has 2 aliphatic heterocycles. The highest BCUT2D eigenvalue weighted by molar-refractivity contribution is 5.90. The molecule has 2 fully saturated rings. The molecule has 0 aromatic carbocycles. The minimum atomic E-state index is -0.346. The maximum atomic E-state index is 12.7. The Balaban J connectivity index is 2.07. The van der Waals surface area contributed by atoms with Gasteiger partial charge in [0.1, 0.15) is 6.04 Å². The largest absolute Gasteiger partial charge is 0.343 e. The third-order valence-corrected chi connectivity index (χ3v) is 4.76. The molecule has 0 aromatic heterocycles. The van der Waals surface area contributed by atoms with Crippen molar-refractivity contribution in [2.24, 2.45) is 0 Å². The van der Waals surface area contributed by atoms with Gasteiger partial charge >= 0.3 is 0 Å². The molecule has 5 nitrogen and oxygen atoms in total. The topological polar surface area (TPSA) is 61.4 Å². The van der Waals surface area contributed by atoms with E-state index in [4.69, 9.17) is 0 Å². The van der Waals surface area contributed by atoms with Crippen molar-refractivity contribution in [3.8, 4) is 0 Å². The molecule has 0 radical (unpaired) electrons. The first-order valence-electron chi connectivity index (χ1n) is 7.84. The summed E-state index contributed by atoms with van der Waals surface area (Å²) >= 11 is 0. The molecule has 2 heterocycles. The van der Waals surface area contributed by atoms with Crippen molar-refractivity contribution in [3.05, 3.63) is 0 Å². The van der Waals surface area contributed by atoms with Gasteiger partial charge in [-0.15, -0.1) is 0 Å². The smallest absolute Gasteiger partial charge is 0.245 e. The zero-order valence-electron chi connectivity index (χ0n) is 12.8. The van der Waals surface area contributed by atoms with E-state index in [1.54, 1.807) is 7.05 Å². The molecule has 0 bridgehead atoms. The molecule has 2 rings (SSSR count). The van der Waals surface area contributed by atoms with E-state index in [-0.39, 0.29) is 23.9 Å². The second-order valence-electron chi connectivity index (χ2n) is 6.18. The first kappa shape index (κ1) is 15.3. The van der Waals surface area contributed by atoms with Crippen LogP contribution in [0.2, 0.25) is 0 Å². The molecule has 2 saturated heterocycles. The van der Waals surface area contributed by atoms with Crippen LogP contribution < -0.4 is 10.6 Å². The van der Waals surface area contributed by atoms with Crippen LogP contribution >= 0.6 is 0 Å². The predicted molar refractivity (Wildman–Crippen MR) is 78.3 cm³/mol. The van der Waals surface area contributed by atoms with Crippen LogP contribution in [0.3, 0.4) is 0 Å². The van der Waals surface area contributed by atoms with Gasteiger partial charge in [-0.2, -0.15) is 0 Å². The maximum absolute atomic E-state index is 12.7. The summed E-state index contributed by atoms with van der Waals surface area (Å²) in [6.45, 7) is 3.93. The van der Waals surface area contributed by atoms with E-state index < -0.39 is 0 Å². The summed E-state index contributed by atoms with van der Waals surface area (Å²) in [5, 5.41) is 5.84. The zero-order chi connectivity index (χ0) is 14.7. The Morgan fingerprint density at radius 2 is 1.95 bits per heavy atom. The molecule has 114 valence electrons. The van der Waals surface area contributed by atoms with Crippen LogP contribution in [0.15, 0.2) is 0 Å². The molecule has 0 aliphatic carbocycles. The second-order valence-corrected chi connectivity index (χ2v) is 6.18. The fourth-order valence-electron chi connectivity index (χ4n) is 3.35. The highest BCUT2D eigenvalue weighted by atomic mass is 16.2. The van der Waals surface area contributed by atoms with Gasteiger partial charge in [0.25, 0.3) is 0 Å². The van der Waals surface area contributed by atoms with Gasteiger partial charge in [-0.3, -0.25) is 9.59 Å². The van der Waals surface area contributed by atoms with Crippen molar-refractivity contribution in [2.75, 3.05) is 7.05 Å². The third kappa shape index (κ3) is 3.14. The van der Waals surface area contributed by atoms with Crippen molar-refractivity contribution in [1.29, 1.82) is 0 Å². The van der Waals surface area contributed by atoms with Crippen molar-refractivity contribution in [2.45, 2.75) is 76.5 Å². The van der Waals surface area contributed by atoms with Gasteiger partial charge in [0, 0.05) is 12.1 Å². The molecule has 0 saturated carbocycles. The van der Waals surface area contributed by atoms with Gasteiger partial charge in [-0.1, -0.05) is 12.8 Å². The summed E-state index contributed by atoms with van der Waals surface area (Å²) in [4.78, 5) is 26.8. The number of fused-ring (bicyclic) bond motifs is 1. The van der Waals surface area contributed by atoms with E-state index in [0.29, 0.717) is 12.1 Å². The number of nitrogens with one attached hydrogen (secondary N) is 2. The number of carbonyl (C=O) groups is 2. The van der Waals surface area contributed by atoms with Crippen LogP contribution in [0.1, 0.15) is 52.4 Å². The normalized spacial score (nSPS) is 32.2. The Kier molecular flexibility index (Phi) is 5.02. The van der Waals surface area contributed by atoms with E-state index in [0.717, 1.165) is 38.5 Å². The van der Waals surface area contributed by atoms with E-state index in [9.17, 15) is 9.59 Å². The van der Waals surface area contributed by atoms with Crippen molar-refractivity contribution in [1.82, 2.24) is 15.5 Å². The summed E-state index contributed by atoms with van der Waals surface area (Å²) in [6, 6.07) is 0.0901. The highest BCUT2D eigenvalue weighted by Gasteiger charge is 2.38. The summed E-state index contributed by atoms with van der Waals surface area (Å²) in [6.07, 6.45) is 6.24. The first-order valence-corrected chi connectivity index (χ1v) is 7.84. The van der Waals surface area contributed by atoms with E-state index >= 15 is 0 Å². The summed E-state index contributed by atoms with van der Waals surface area (Å²) < 4.78 is 0. The quantitative estimate of drug-likeness (QED) is 0.812. The van der Waals surface area contributed by atoms with Crippen molar-refractivity contribution >= 4 is 11.8 Å². The molecule has 5 heteroatoms. The van der Waals surface area contributed by atoms with Crippen LogP contribution in [-0.4, -0.2) is 47.9 Å². The molecular formula is C15H27N3O2. The number of likely N-dealkylation sites (N-methyl/N-ethyl adjacent to an activating group) is 1. The minimum Gasteiger partial charge on any atom is -0.343 e. The van der Waals surface area contributed by atoms with Crippen LogP contribution in [0.5, 0.6) is 0 Å². The first-order chi connectivity index (χ1) is 9.54. The number of hydrogen-bond donors (Lipinski definition) is 2. The van der Waals surface area contributed by atoms with E-state index in [1.807, 2.05) is 11.8 Å². The predicted octanol–water partition coefficient (Wildman–Crippen LogP) is 1.03. The second kappa shape index (κ2) is 6.57. The Hall–Kier alpha value is -1.10. The number of rotatable bonds is 3. The molecule has 0 unspecified atom stereocenters. The van der Waals surface area contributed by atoms with Gasteiger partial charge < -0.3 is 15.5 Å². The lowest BCUT2D eigenvalue weighted by atomic mass is 9.98. The lowest BCUT2D eigenvalue weighted by Gasteiger charge is -2.35. The molecule has 2 amide bonds. The van der Waals surface area contributed by atoms with Gasteiger partial charge in [-0.05, 0) is 46.6 Å². The summed E-state index contributed by atoms with van der Waals surface area (Å²) in [5.74, 6) is 0.0335. The number of hydrogen-bond acceptors (Lipinski definition) is 3. The molecule has 2 N–H and O–H groups in total. The van der Waals surface area contributed by atoms with Crippen LogP contribution in [0.25, 0.3) is 0 Å². The summed E-state index contributed by atoms with van der Waals surface area (Å²) in [5.41, 5.74) is 0. The lowest BCUT2D eigenvalue weighted by Crippen LogP contribution is -2.55. The Bertz CT molecular complexity index is 372. The average Bonchev–Trinajstić information content (AvgIpc) is 2.79. The highest BCUT2D eigenvalue weighted by Crippen LogP contribution is 2.30. The number of carbonyl (C=O) groups excluding carboxylic acids is 2. The van der Waals surface area contributed by atoms with Gasteiger partial charge in [0.05, 0.1) is 6.04 Å². The fraction of sp³-hybridized carbons (Fsp3) is 0.867. The van der Waals surface area contributed by atoms with Gasteiger partial charge in [-0.25, -0.2) is 0 Å². The zero-order valence-corrected chi connectivity index (χ0v) is 12.8. The van der Waals surface area contributed by atoms with E-state index in [1.165, 1.54) is 0 Å². The van der Waals surface area contributed by atoms with Crippen molar-refractivity contribution < 1.29 is 9.59 Å². The molecular weight excluding hydrogens is 254 g/mol. The lowest BCUT2D eigenvalue weighted by molar-refractivity contribution is -0.140. The van der Waals surface area contributed by atoms with E-state index in [2.05, 4.69) is 17.6 Å². The van der Waals surface area contributed by atoms with Crippen LogP contribution in [-0.2, 0) is 9.59 Å². The Labute approximate surface area is 121 Å². The Morgan fingerprint density at radius 1 is 1.25 bits per heavy atom. The summed E-state index contributed by atoms with van der Waals surface area (Å²) in [7, 11) is 1.75. The van der Waals surface area contributed by atoms with Gasteiger partial charge in [0.2, 0.25) is 11.8 Å². The van der Waals surface area contributed by atoms with Crippen molar-refractivity contribution in [3.63, 3.8) is 0 Å². The molecule has 0 spiro atoms. The fourth-order valence-corrected chi connectivity index (χ4v) is 3.35. The van der Waals surface area contributed by atoms with Gasteiger partial charge in [0.15, 0.2) is 0 Å². The van der Waals surface area contributed by atoms with Crippen LogP contribution in [0, 0.1) is 0 Å². The average molecular weight is 281 g/mol. The molecule has 0 aromatic rings. The molecule has 2 aliphatic rings. The molecule has 4 atom stereocenters. The number of amides is 2. The monoisotopic (exact) mass is 281 g/mol. The van der Waals surface area contributed by atoms with Crippen LogP contribution in [0.4, 0.5) is 0 Å². The Morgan fingerprint density at radius 3 is 2.65 bits per heavy atom. The SMILES string of the molecule is CN[C@@H](C)C(=O)N[C@H]1CCCC[C@H]2CC[C@@H](C)N2C1=O. The number of nitrogens with zero attached hydrogens (tertiary/aromatic N) is 1. The minimum absolute atomic E-state index is 0.0881. The maximum Gasteiger partial charge on any atom is 0.245 e. The molecule has 20 heavy (non-hydrogen) atoms. The standard InChI is InChI=1S/C15H27N3O2/c1-10-8-9-12-6-4-5-7-13(15(20)18(10)12)17-14(19)11(2)16-3/h10-13,16H,4-9H2,1-3H3,(H,17,19)/t10-,11+,12+,13+/m1/s1.